The summed E-state index contributed by atoms with van der Waals surface area (Å²) in [7, 11) is 0. The Morgan fingerprint density at radius 1 is 1.00 bits per heavy atom. The molecule has 1 spiro atoms. The molecule has 110 valence electrons. The highest BCUT2D eigenvalue weighted by Gasteiger charge is 2.60. The molecule has 1 saturated carbocycles. The molecule has 2 aliphatic rings. The molecule has 0 radical (unpaired) electrons. The fraction of sp³-hybridized carbons (Fsp3) is 0.667. The van der Waals surface area contributed by atoms with Crippen LogP contribution in [0.15, 0.2) is 30.3 Å². The van der Waals surface area contributed by atoms with Crippen LogP contribution in [0.4, 0.5) is 0 Å². The van der Waals surface area contributed by atoms with Crippen LogP contribution in [0.25, 0.3) is 0 Å². The van der Waals surface area contributed by atoms with Crippen LogP contribution < -0.4 is 0 Å². The van der Waals surface area contributed by atoms with Gasteiger partial charge in [0.2, 0.25) is 0 Å². The SMILES string of the molecule is CCN(CC)[C@]1(c2ccccc2)CCCCC12CCO2. The molecule has 20 heavy (non-hydrogen) atoms. The average Bonchev–Trinajstić information content (AvgIpc) is 2.48. The van der Waals surface area contributed by atoms with E-state index in [1.54, 1.807) is 0 Å². The third kappa shape index (κ3) is 1.85. The number of ether oxygens (including phenoxy) is 1. The number of hydrogen-bond acceptors (Lipinski definition) is 2. The molecule has 2 heteroatoms. The van der Waals surface area contributed by atoms with Crippen molar-refractivity contribution in [3.8, 4) is 0 Å². The number of nitrogens with zero attached hydrogens (tertiary/aromatic N) is 1. The maximum absolute atomic E-state index is 6.27. The van der Waals surface area contributed by atoms with Gasteiger partial charge in [-0.1, -0.05) is 57.0 Å². The van der Waals surface area contributed by atoms with Crippen molar-refractivity contribution in [2.45, 2.75) is 57.1 Å². The van der Waals surface area contributed by atoms with Gasteiger partial charge in [0, 0.05) is 6.42 Å². The van der Waals surface area contributed by atoms with E-state index in [1.165, 1.54) is 37.7 Å². The Morgan fingerprint density at radius 2 is 1.65 bits per heavy atom. The van der Waals surface area contributed by atoms with E-state index in [0.717, 1.165) is 19.7 Å². The minimum Gasteiger partial charge on any atom is -0.372 e. The van der Waals surface area contributed by atoms with Crippen molar-refractivity contribution in [2.24, 2.45) is 0 Å². The number of benzene rings is 1. The maximum atomic E-state index is 6.27. The van der Waals surface area contributed by atoms with Gasteiger partial charge < -0.3 is 4.74 Å². The number of hydrogen-bond donors (Lipinski definition) is 0. The lowest BCUT2D eigenvalue weighted by molar-refractivity contribution is -0.249. The standard InChI is InChI=1S/C18H27NO/c1-3-19(4-2)18(16-10-6-5-7-11-16)13-9-8-12-17(18)14-15-20-17/h5-7,10-11H,3-4,8-9,12-15H2,1-2H3/t17?,18-/m0/s1. The lowest BCUT2D eigenvalue weighted by atomic mass is 9.61. The van der Waals surface area contributed by atoms with Gasteiger partial charge in [0.1, 0.15) is 0 Å². The average molecular weight is 273 g/mol. The van der Waals surface area contributed by atoms with E-state index in [-0.39, 0.29) is 11.1 Å². The Morgan fingerprint density at radius 3 is 2.20 bits per heavy atom. The van der Waals surface area contributed by atoms with Crippen LogP contribution in [0.5, 0.6) is 0 Å². The Hall–Kier alpha value is -0.860. The minimum absolute atomic E-state index is 0.0681. The highest BCUT2D eigenvalue weighted by molar-refractivity contribution is 5.32. The Kier molecular flexibility index (Phi) is 3.87. The molecule has 1 aliphatic carbocycles. The largest absolute Gasteiger partial charge is 0.372 e. The van der Waals surface area contributed by atoms with Crippen LogP contribution >= 0.6 is 0 Å². The number of likely N-dealkylation sites (N-methyl/N-ethyl adjacent to an activating group) is 1. The van der Waals surface area contributed by atoms with Gasteiger partial charge in [-0.05, 0) is 31.5 Å². The highest BCUT2D eigenvalue weighted by atomic mass is 16.5. The van der Waals surface area contributed by atoms with Crippen molar-refractivity contribution in [3.05, 3.63) is 35.9 Å². The van der Waals surface area contributed by atoms with Crippen LogP contribution in [-0.2, 0) is 10.3 Å². The lowest BCUT2D eigenvalue weighted by Gasteiger charge is -2.62. The summed E-state index contributed by atoms with van der Waals surface area (Å²) in [5.74, 6) is 0. The van der Waals surface area contributed by atoms with Crippen LogP contribution in [0, 0.1) is 0 Å². The Labute approximate surface area is 123 Å². The van der Waals surface area contributed by atoms with Crippen molar-refractivity contribution in [2.75, 3.05) is 19.7 Å². The second kappa shape index (κ2) is 5.50. The summed E-state index contributed by atoms with van der Waals surface area (Å²) in [6, 6.07) is 11.1. The van der Waals surface area contributed by atoms with E-state index in [0.29, 0.717) is 0 Å². The third-order valence-corrected chi connectivity index (χ3v) is 5.56. The first-order valence-electron chi connectivity index (χ1n) is 8.23. The van der Waals surface area contributed by atoms with Crippen LogP contribution in [-0.4, -0.2) is 30.2 Å². The molecule has 1 unspecified atom stereocenters. The second-order valence-electron chi connectivity index (χ2n) is 6.20. The molecule has 1 saturated heterocycles. The third-order valence-electron chi connectivity index (χ3n) is 5.56. The van der Waals surface area contributed by atoms with E-state index in [4.69, 9.17) is 4.74 Å². The smallest absolute Gasteiger partial charge is 0.0928 e. The Balaban J connectivity index is 2.11. The second-order valence-corrected chi connectivity index (χ2v) is 6.20. The molecule has 2 atom stereocenters. The summed E-state index contributed by atoms with van der Waals surface area (Å²) in [6.45, 7) is 7.70. The number of rotatable bonds is 4. The molecule has 1 aliphatic heterocycles. The van der Waals surface area contributed by atoms with E-state index >= 15 is 0 Å². The van der Waals surface area contributed by atoms with E-state index in [9.17, 15) is 0 Å². The quantitative estimate of drug-likeness (QED) is 0.823. The van der Waals surface area contributed by atoms with Crippen LogP contribution in [0.3, 0.4) is 0 Å². The van der Waals surface area contributed by atoms with E-state index in [2.05, 4.69) is 49.1 Å². The molecule has 2 nitrogen and oxygen atoms in total. The summed E-state index contributed by atoms with van der Waals surface area (Å²) in [5, 5.41) is 0. The van der Waals surface area contributed by atoms with Gasteiger partial charge in [-0.15, -0.1) is 0 Å². The minimum atomic E-state index is 0.0681. The van der Waals surface area contributed by atoms with Crippen LogP contribution in [0.2, 0.25) is 0 Å². The molecule has 0 amide bonds. The summed E-state index contributed by atoms with van der Waals surface area (Å²) in [4.78, 5) is 2.65. The van der Waals surface area contributed by atoms with Crippen molar-refractivity contribution in [1.82, 2.24) is 4.90 Å². The zero-order valence-corrected chi connectivity index (χ0v) is 12.9. The topological polar surface area (TPSA) is 12.5 Å². The van der Waals surface area contributed by atoms with Crippen molar-refractivity contribution in [1.29, 1.82) is 0 Å². The van der Waals surface area contributed by atoms with E-state index < -0.39 is 0 Å². The summed E-state index contributed by atoms with van der Waals surface area (Å²) >= 11 is 0. The molecule has 1 aromatic rings. The first kappa shape index (κ1) is 14.1. The maximum Gasteiger partial charge on any atom is 0.0928 e. The molecular formula is C18H27NO. The summed E-state index contributed by atoms with van der Waals surface area (Å²) < 4.78 is 6.27. The molecular weight excluding hydrogens is 246 g/mol. The highest BCUT2D eigenvalue weighted by Crippen LogP contribution is 2.55. The van der Waals surface area contributed by atoms with Gasteiger partial charge in [-0.3, -0.25) is 4.90 Å². The molecule has 3 rings (SSSR count). The first-order valence-corrected chi connectivity index (χ1v) is 8.23. The zero-order valence-electron chi connectivity index (χ0n) is 12.9. The van der Waals surface area contributed by atoms with Gasteiger partial charge in [-0.25, -0.2) is 0 Å². The Bertz CT molecular complexity index is 436. The molecule has 1 heterocycles. The normalized spacial score (nSPS) is 33.4. The summed E-state index contributed by atoms with van der Waals surface area (Å²) in [5.41, 5.74) is 1.62. The fourth-order valence-corrected chi connectivity index (χ4v) is 4.61. The first-order chi connectivity index (χ1) is 9.79. The zero-order chi connectivity index (χ0) is 14.1. The van der Waals surface area contributed by atoms with Crippen molar-refractivity contribution >= 4 is 0 Å². The van der Waals surface area contributed by atoms with Crippen molar-refractivity contribution < 1.29 is 4.74 Å². The van der Waals surface area contributed by atoms with Gasteiger partial charge in [0.05, 0.1) is 17.7 Å². The predicted molar refractivity (Wildman–Crippen MR) is 82.8 cm³/mol. The van der Waals surface area contributed by atoms with Crippen molar-refractivity contribution in [3.63, 3.8) is 0 Å². The predicted octanol–water partition coefficient (Wildman–Crippen LogP) is 3.96. The molecule has 0 N–H and O–H groups in total. The molecule has 2 fully saturated rings. The monoisotopic (exact) mass is 273 g/mol. The molecule has 1 aromatic carbocycles. The summed E-state index contributed by atoms with van der Waals surface area (Å²) in [6.07, 6.45) is 6.31. The molecule has 0 bridgehead atoms. The van der Waals surface area contributed by atoms with Crippen LogP contribution in [0.1, 0.15) is 51.5 Å². The molecule has 0 aromatic heterocycles. The van der Waals surface area contributed by atoms with Gasteiger partial charge in [0.25, 0.3) is 0 Å². The van der Waals surface area contributed by atoms with Gasteiger partial charge >= 0.3 is 0 Å². The lowest BCUT2D eigenvalue weighted by Crippen LogP contribution is -2.68. The van der Waals surface area contributed by atoms with E-state index in [1.807, 2.05) is 0 Å². The fourth-order valence-electron chi connectivity index (χ4n) is 4.61. The van der Waals surface area contributed by atoms with Gasteiger partial charge in [0.15, 0.2) is 0 Å². The van der Waals surface area contributed by atoms with Gasteiger partial charge in [-0.2, -0.15) is 0 Å².